The molecule has 0 N–H and O–H groups in total. The summed E-state index contributed by atoms with van der Waals surface area (Å²) in [5.74, 6) is 2.92. The van der Waals surface area contributed by atoms with Crippen molar-refractivity contribution in [1.82, 2.24) is 0 Å². The lowest BCUT2D eigenvalue weighted by atomic mass is 9.97. The van der Waals surface area contributed by atoms with Crippen molar-refractivity contribution in [3.63, 3.8) is 0 Å². The Balaban J connectivity index is 2.02. The third-order valence-electron chi connectivity index (χ3n) is 5.26. The maximum atomic E-state index is 13.4. The summed E-state index contributed by atoms with van der Waals surface area (Å²) in [6.07, 6.45) is 7.21. The maximum Gasteiger partial charge on any atom is 0.185 e. The van der Waals surface area contributed by atoms with Crippen LogP contribution in [0.5, 0.6) is 23.0 Å². The minimum Gasteiger partial charge on any atom is -0.497 e. The molecule has 0 saturated heterocycles. The van der Waals surface area contributed by atoms with Gasteiger partial charge in [-0.1, -0.05) is 0 Å². The molecule has 2 aromatic carbocycles. The maximum absolute atomic E-state index is 13.4. The molecule has 0 bridgehead atoms. The zero-order valence-electron chi connectivity index (χ0n) is 18.0. The number of benzene rings is 2. The van der Waals surface area contributed by atoms with E-state index < -0.39 is 0 Å². The first-order chi connectivity index (χ1) is 14.6. The first kappa shape index (κ1) is 21.5. The average molecular weight is 408 g/mol. The van der Waals surface area contributed by atoms with Crippen molar-refractivity contribution in [1.29, 1.82) is 0 Å². The van der Waals surface area contributed by atoms with Crippen LogP contribution in [0.15, 0.2) is 47.5 Å². The highest BCUT2D eigenvalue weighted by atomic mass is 16.5. The average Bonchev–Trinajstić information content (AvgIpc) is 2.95. The predicted molar refractivity (Wildman–Crippen MR) is 119 cm³/mol. The van der Waals surface area contributed by atoms with Crippen LogP contribution >= 0.6 is 0 Å². The van der Waals surface area contributed by atoms with Gasteiger partial charge in [0.1, 0.15) is 23.0 Å². The van der Waals surface area contributed by atoms with Crippen molar-refractivity contribution in [3.8, 4) is 23.0 Å². The molecule has 0 atom stereocenters. The molecule has 5 nitrogen and oxygen atoms in total. The quantitative estimate of drug-likeness (QED) is 0.478. The van der Waals surface area contributed by atoms with Crippen LogP contribution in [0.4, 0.5) is 0 Å². The molecular weight excluding hydrogens is 380 g/mol. The lowest BCUT2D eigenvalue weighted by Gasteiger charge is -2.11. The van der Waals surface area contributed by atoms with Gasteiger partial charge >= 0.3 is 0 Å². The van der Waals surface area contributed by atoms with Gasteiger partial charge in [0.15, 0.2) is 5.78 Å². The van der Waals surface area contributed by atoms with E-state index in [1.54, 1.807) is 28.4 Å². The summed E-state index contributed by atoms with van der Waals surface area (Å²) in [6, 6.07) is 11.2. The Hall–Kier alpha value is -3.21. The molecule has 3 rings (SSSR count). The molecule has 158 valence electrons. The Morgan fingerprint density at radius 1 is 0.667 bits per heavy atom. The van der Waals surface area contributed by atoms with Crippen molar-refractivity contribution < 1.29 is 23.7 Å². The molecular formula is C25H28O5. The fourth-order valence-electron chi connectivity index (χ4n) is 3.62. The van der Waals surface area contributed by atoms with Gasteiger partial charge in [-0.05, 0) is 74.2 Å². The van der Waals surface area contributed by atoms with Gasteiger partial charge in [-0.2, -0.15) is 0 Å². The lowest BCUT2D eigenvalue weighted by Crippen LogP contribution is -2.04. The van der Waals surface area contributed by atoms with Gasteiger partial charge in [0.2, 0.25) is 0 Å². The van der Waals surface area contributed by atoms with Crippen LogP contribution in [-0.4, -0.2) is 34.2 Å². The Bertz CT molecular complexity index is 894. The molecule has 0 unspecified atom stereocenters. The number of ether oxygens (including phenoxy) is 4. The molecule has 2 aromatic rings. The Kier molecular flexibility index (Phi) is 7.17. The molecule has 5 heteroatoms. The summed E-state index contributed by atoms with van der Waals surface area (Å²) < 4.78 is 21.6. The number of rotatable bonds is 6. The second kappa shape index (κ2) is 10.0. The first-order valence-electron chi connectivity index (χ1n) is 9.99. The molecule has 0 heterocycles. The van der Waals surface area contributed by atoms with Gasteiger partial charge in [-0.3, -0.25) is 4.79 Å². The summed E-state index contributed by atoms with van der Waals surface area (Å²) in [5.41, 5.74) is 3.21. The van der Waals surface area contributed by atoms with Crippen LogP contribution in [0.3, 0.4) is 0 Å². The zero-order chi connectivity index (χ0) is 21.5. The van der Waals surface area contributed by atoms with Gasteiger partial charge in [-0.15, -0.1) is 0 Å². The van der Waals surface area contributed by atoms with Crippen LogP contribution in [0.1, 0.15) is 36.8 Å². The summed E-state index contributed by atoms with van der Waals surface area (Å²) in [7, 11) is 6.49. The number of hydrogen-bond donors (Lipinski definition) is 0. The van der Waals surface area contributed by atoms with E-state index in [2.05, 4.69) is 0 Å². The SMILES string of the molecule is COc1ccc(OC)c(/C=C2\CCCC/C(=C\c3cc(OC)ccc3OC)C2=O)c1. The lowest BCUT2D eigenvalue weighted by molar-refractivity contribution is -0.112. The summed E-state index contributed by atoms with van der Waals surface area (Å²) >= 11 is 0. The van der Waals surface area contributed by atoms with E-state index in [0.29, 0.717) is 11.5 Å². The van der Waals surface area contributed by atoms with Crippen molar-refractivity contribution in [2.45, 2.75) is 25.7 Å². The van der Waals surface area contributed by atoms with Gasteiger partial charge in [-0.25, -0.2) is 0 Å². The number of Topliss-reactive ketones (excluding diaryl/α,β-unsaturated/α-hetero) is 1. The first-order valence-corrected chi connectivity index (χ1v) is 9.99. The smallest absolute Gasteiger partial charge is 0.185 e. The molecule has 1 aliphatic carbocycles. The number of ketones is 1. The highest BCUT2D eigenvalue weighted by molar-refractivity contribution is 6.13. The van der Waals surface area contributed by atoms with Crippen molar-refractivity contribution in [2.24, 2.45) is 0 Å². The third-order valence-corrected chi connectivity index (χ3v) is 5.26. The van der Waals surface area contributed by atoms with Gasteiger partial charge in [0, 0.05) is 22.3 Å². The highest BCUT2D eigenvalue weighted by Gasteiger charge is 2.20. The number of carbonyl (C=O) groups is 1. The van der Waals surface area contributed by atoms with E-state index in [1.165, 1.54) is 0 Å². The van der Waals surface area contributed by atoms with Gasteiger partial charge < -0.3 is 18.9 Å². The second-order valence-corrected chi connectivity index (χ2v) is 7.09. The largest absolute Gasteiger partial charge is 0.497 e. The molecule has 0 aliphatic heterocycles. The fourth-order valence-corrected chi connectivity index (χ4v) is 3.62. The second-order valence-electron chi connectivity index (χ2n) is 7.09. The zero-order valence-corrected chi connectivity index (χ0v) is 18.0. The Labute approximate surface area is 177 Å². The molecule has 0 aromatic heterocycles. The summed E-state index contributed by atoms with van der Waals surface area (Å²) in [6.45, 7) is 0. The number of hydrogen-bond acceptors (Lipinski definition) is 5. The molecule has 30 heavy (non-hydrogen) atoms. The monoisotopic (exact) mass is 408 g/mol. The van der Waals surface area contributed by atoms with Crippen molar-refractivity contribution >= 4 is 17.9 Å². The number of methoxy groups -OCH3 is 4. The van der Waals surface area contributed by atoms with Gasteiger partial charge in [0.05, 0.1) is 28.4 Å². The van der Waals surface area contributed by atoms with E-state index in [1.807, 2.05) is 48.6 Å². The van der Waals surface area contributed by atoms with E-state index >= 15 is 0 Å². The topological polar surface area (TPSA) is 54.0 Å². The Morgan fingerprint density at radius 3 is 1.47 bits per heavy atom. The molecule has 0 amide bonds. The normalized spacial score (nSPS) is 17.0. The molecule has 0 spiro atoms. The van der Waals surface area contributed by atoms with Crippen molar-refractivity contribution in [2.75, 3.05) is 28.4 Å². The van der Waals surface area contributed by atoms with Crippen LogP contribution in [0.25, 0.3) is 12.2 Å². The number of allylic oxidation sites excluding steroid dienone is 2. The molecule has 1 saturated carbocycles. The molecule has 1 aliphatic rings. The van der Waals surface area contributed by atoms with Crippen LogP contribution in [0, 0.1) is 0 Å². The predicted octanol–water partition coefficient (Wildman–Crippen LogP) is 5.33. The summed E-state index contributed by atoms with van der Waals surface area (Å²) in [4.78, 5) is 13.4. The van der Waals surface area contributed by atoms with E-state index in [0.717, 1.165) is 59.5 Å². The number of carbonyl (C=O) groups excluding carboxylic acids is 1. The minimum atomic E-state index is 0.0576. The van der Waals surface area contributed by atoms with E-state index in [4.69, 9.17) is 18.9 Å². The summed E-state index contributed by atoms with van der Waals surface area (Å²) in [5, 5.41) is 0. The van der Waals surface area contributed by atoms with E-state index in [-0.39, 0.29) is 5.78 Å². The van der Waals surface area contributed by atoms with E-state index in [9.17, 15) is 4.79 Å². The third kappa shape index (κ3) is 4.85. The van der Waals surface area contributed by atoms with Crippen molar-refractivity contribution in [3.05, 3.63) is 58.7 Å². The minimum absolute atomic E-state index is 0.0576. The molecule has 0 radical (unpaired) electrons. The molecule has 1 fully saturated rings. The standard InChI is InChI=1S/C25H28O5/c1-27-21-9-11-23(29-3)19(15-21)13-17-7-5-6-8-18(25(17)26)14-20-16-22(28-2)10-12-24(20)30-4/h9-16H,5-8H2,1-4H3/b17-13+,18-14+. The van der Waals surface area contributed by atoms with Crippen LogP contribution in [-0.2, 0) is 4.79 Å². The fraction of sp³-hybridized carbons (Fsp3) is 0.320. The van der Waals surface area contributed by atoms with Crippen LogP contribution < -0.4 is 18.9 Å². The van der Waals surface area contributed by atoms with Gasteiger partial charge in [0.25, 0.3) is 0 Å². The Morgan fingerprint density at radius 2 is 1.10 bits per heavy atom. The highest BCUT2D eigenvalue weighted by Crippen LogP contribution is 2.33. The van der Waals surface area contributed by atoms with Crippen LogP contribution in [0.2, 0.25) is 0 Å².